The number of benzene rings is 1. The predicted molar refractivity (Wildman–Crippen MR) is 84.6 cm³/mol. The second kappa shape index (κ2) is 7.44. The zero-order valence-corrected chi connectivity index (χ0v) is 14.0. The molecule has 2 aliphatic rings. The first kappa shape index (κ1) is 15.8. The van der Waals surface area contributed by atoms with Crippen LogP contribution < -0.4 is 4.74 Å². The highest BCUT2D eigenvalue weighted by atomic mass is 79.9. The van der Waals surface area contributed by atoms with Crippen LogP contribution in [0.4, 0.5) is 0 Å². The molecule has 2 saturated heterocycles. The van der Waals surface area contributed by atoms with Gasteiger partial charge in [0.1, 0.15) is 5.75 Å². The molecule has 0 N–H and O–H groups in total. The third kappa shape index (κ3) is 4.00. The van der Waals surface area contributed by atoms with E-state index in [2.05, 4.69) is 15.9 Å². The SMILES string of the molecule is O=C(COc1ccc(Br)cc1)N1CCC(C2OCCO2)CC1. The molecule has 0 aromatic heterocycles. The first-order valence-electron chi connectivity index (χ1n) is 7.62. The lowest BCUT2D eigenvalue weighted by molar-refractivity contribution is -0.138. The van der Waals surface area contributed by atoms with Crippen molar-refractivity contribution < 1.29 is 19.0 Å². The Labute approximate surface area is 138 Å². The highest BCUT2D eigenvalue weighted by molar-refractivity contribution is 9.10. The number of nitrogens with zero attached hydrogens (tertiary/aromatic N) is 1. The lowest BCUT2D eigenvalue weighted by Crippen LogP contribution is -2.43. The van der Waals surface area contributed by atoms with Crippen molar-refractivity contribution in [3.05, 3.63) is 28.7 Å². The Hall–Kier alpha value is -1.11. The zero-order valence-electron chi connectivity index (χ0n) is 12.4. The van der Waals surface area contributed by atoms with Crippen molar-refractivity contribution in [2.24, 2.45) is 5.92 Å². The van der Waals surface area contributed by atoms with Crippen molar-refractivity contribution in [3.8, 4) is 5.75 Å². The van der Waals surface area contributed by atoms with Crippen LogP contribution in [-0.4, -0.2) is 50.0 Å². The fourth-order valence-corrected chi connectivity index (χ4v) is 3.10. The molecule has 1 aromatic rings. The standard InChI is InChI=1S/C16H20BrNO4/c17-13-1-3-14(4-2-13)22-11-15(19)18-7-5-12(6-8-18)16-20-9-10-21-16/h1-4,12,16H,5-11H2. The Bertz CT molecular complexity index is 493. The first-order valence-corrected chi connectivity index (χ1v) is 8.41. The van der Waals surface area contributed by atoms with Gasteiger partial charge in [0.15, 0.2) is 12.9 Å². The summed E-state index contributed by atoms with van der Waals surface area (Å²) in [5, 5.41) is 0. The molecule has 0 aliphatic carbocycles. The van der Waals surface area contributed by atoms with Gasteiger partial charge < -0.3 is 19.1 Å². The number of hydrogen-bond donors (Lipinski definition) is 0. The van der Waals surface area contributed by atoms with Gasteiger partial charge >= 0.3 is 0 Å². The predicted octanol–water partition coefficient (Wildman–Crippen LogP) is 2.44. The summed E-state index contributed by atoms with van der Waals surface area (Å²) in [7, 11) is 0. The number of ether oxygens (including phenoxy) is 3. The number of likely N-dealkylation sites (tertiary alicyclic amines) is 1. The van der Waals surface area contributed by atoms with Crippen LogP contribution in [0.2, 0.25) is 0 Å². The second-order valence-corrected chi connectivity index (χ2v) is 6.49. The van der Waals surface area contributed by atoms with Crippen LogP contribution in [-0.2, 0) is 14.3 Å². The summed E-state index contributed by atoms with van der Waals surface area (Å²) in [5.74, 6) is 1.15. The van der Waals surface area contributed by atoms with Crippen molar-refractivity contribution >= 4 is 21.8 Å². The van der Waals surface area contributed by atoms with Crippen molar-refractivity contribution in [3.63, 3.8) is 0 Å². The molecule has 1 amide bonds. The lowest BCUT2D eigenvalue weighted by atomic mass is 9.96. The van der Waals surface area contributed by atoms with Crippen LogP contribution in [0, 0.1) is 5.92 Å². The van der Waals surface area contributed by atoms with Gasteiger partial charge in [0.2, 0.25) is 0 Å². The maximum atomic E-state index is 12.2. The summed E-state index contributed by atoms with van der Waals surface area (Å²) in [4.78, 5) is 14.1. The molecule has 120 valence electrons. The smallest absolute Gasteiger partial charge is 0.260 e. The van der Waals surface area contributed by atoms with Gasteiger partial charge in [-0.2, -0.15) is 0 Å². The fraction of sp³-hybridized carbons (Fsp3) is 0.562. The van der Waals surface area contributed by atoms with Gasteiger partial charge in [-0.25, -0.2) is 0 Å². The van der Waals surface area contributed by atoms with Gasteiger partial charge in [-0.1, -0.05) is 15.9 Å². The zero-order chi connectivity index (χ0) is 15.4. The second-order valence-electron chi connectivity index (χ2n) is 5.57. The van der Waals surface area contributed by atoms with Gasteiger partial charge in [0, 0.05) is 23.5 Å². The molecule has 3 rings (SSSR count). The Balaban J connectivity index is 1.42. The molecule has 0 atom stereocenters. The number of amides is 1. The highest BCUT2D eigenvalue weighted by Gasteiger charge is 2.31. The summed E-state index contributed by atoms with van der Waals surface area (Å²) < 4.78 is 17.6. The highest BCUT2D eigenvalue weighted by Crippen LogP contribution is 2.26. The van der Waals surface area contributed by atoms with E-state index in [1.165, 1.54) is 0 Å². The molecule has 0 saturated carbocycles. The van der Waals surface area contributed by atoms with E-state index in [4.69, 9.17) is 14.2 Å². The molecule has 6 heteroatoms. The number of carbonyl (C=O) groups is 1. The monoisotopic (exact) mass is 369 g/mol. The summed E-state index contributed by atoms with van der Waals surface area (Å²) in [6.07, 6.45) is 1.78. The number of halogens is 1. The topological polar surface area (TPSA) is 48.0 Å². The molecule has 0 radical (unpaired) electrons. The fourth-order valence-electron chi connectivity index (χ4n) is 2.84. The van der Waals surface area contributed by atoms with Crippen molar-refractivity contribution in [2.45, 2.75) is 19.1 Å². The van der Waals surface area contributed by atoms with E-state index in [1.807, 2.05) is 29.2 Å². The average molecular weight is 370 g/mol. The molecule has 0 bridgehead atoms. The first-order chi connectivity index (χ1) is 10.7. The van der Waals surface area contributed by atoms with E-state index < -0.39 is 0 Å². The van der Waals surface area contributed by atoms with Crippen LogP contribution in [0.1, 0.15) is 12.8 Å². The quantitative estimate of drug-likeness (QED) is 0.817. The molecule has 22 heavy (non-hydrogen) atoms. The third-order valence-corrected chi connectivity index (χ3v) is 4.63. The number of carbonyl (C=O) groups excluding carboxylic acids is 1. The lowest BCUT2D eigenvalue weighted by Gasteiger charge is -2.33. The van der Waals surface area contributed by atoms with Crippen molar-refractivity contribution in [2.75, 3.05) is 32.9 Å². The number of rotatable bonds is 4. The van der Waals surface area contributed by atoms with Crippen LogP contribution in [0.3, 0.4) is 0 Å². The summed E-state index contributed by atoms with van der Waals surface area (Å²) >= 11 is 3.37. The van der Waals surface area contributed by atoms with E-state index in [0.717, 1.165) is 30.4 Å². The maximum absolute atomic E-state index is 12.2. The Morgan fingerprint density at radius 1 is 1.18 bits per heavy atom. The minimum atomic E-state index is -0.0729. The maximum Gasteiger partial charge on any atom is 0.260 e. The molecule has 2 aliphatic heterocycles. The van der Waals surface area contributed by atoms with Crippen LogP contribution >= 0.6 is 15.9 Å². The summed E-state index contributed by atoms with van der Waals surface area (Å²) in [6, 6.07) is 7.48. The number of hydrogen-bond acceptors (Lipinski definition) is 4. The van der Waals surface area contributed by atoms with E-state index in [9.17, 15) is 4.79 Å². The minimum absolute atomic E-state index is 0.0367. The largest absolute Gasteiger partial charge is 0.484 e. The average Bonchev–Trinajstić information content (AvgIpc) is 3.09. The van der Waals surface area contributed by atoms with Crippen molar-refractivity contribution in [1.82, 2.24) is 4.90 Å². The molecule has 0 spiro atoms. The Morgan fingerprint density at radius 3 is 2.45 bits per heavy atom. The van der Waals surface area contributed by atoms with E-state index in [1.54, 1.807) is 0 Å². The number of piperidine rings is 1. The van der Waals surface area contributed by atoms with Crippen molar-refractivity contribution in [1.29, 1.82) is 0 Å². The van der Waals surface area contributed by atoms with Crippen LogP contribution in [0.25, 0.3) is 0 Å². The normalized spacial score (nSPS) is 20.3. The molecule has 0 unspecified atom stereocenters. The van der Waals surface area contributed by atoms with E-state index in [-0.39, 0.29) is 18.8 Å². The Kier molecular flexibility index (Phi) is 5.33. The molecule has 2 fully saturated rings. The van der Waals surface area contributed by atoms with Gasteiger partial charge in [-0.05, 0) is 37.1 Å². The molecular weight excluding hydrogens is 350 g/mol. The van der Waals surface area contributed by atoms with Gasteiger partial charge in [-0.15, -0.1) is 0 Å². The van der Waals surface area contributed by atoms with Crippen LogP contribution in [0.15, 0.2) is 28.7 Å². The van der Waals surface area contributed by atoms with Gasteiger partial charge in [0.05, 0.1) is 13.2 Å². The summed E-state index contributed by atoms with van der Waals surface area (Å²) in [6.45, 7) is 2.95. The summed E-state index contributed by atoms with van der Waals surface area (Å²) in [5.41, 5.74) is 0. The van der Waals surface area contributed by atoms with E-state index in [0.29, 0.717) is 24.9 Å². The molecule has 5 nitrogen and oxygen atoms in total. The third-order valence-electron chi connectivity index (χ3n) is 4.10. The molecular formula is C16H20BrNO4. The Morgan fingerprint density at radius 2 is 1.82 bits per heavy atom. The molecule has 1 aromatic carbocycles. The van der Waals surface area contributed by atoms with E-state index >= 15 is 0 Å². The molecule has 2 heterocycles. The van der Waals surface area contributed by atoms with Gasteiger partial charge in [-0.3, -0.25) is 4.79 Å². The minimum Gasteiger partial charge on any atom is -0.484 e. The van der Waals surface area contributed by atoms with Crippen LogP contribution in [0.5, 0.6) is 5.75 Å². The van der Waals surface area contributed by atoms with Gasteiger partial charge in [0.25, 0.3) is 5.91 Å².